The molecule has 0 saturated heterocycles. The SMILES string of the molecule is O=C(O)c1cccc(-n2nc(Cc3ccc(Cl)cc3Cl)c3c2NCCCC3)c1. The van der Waals surface area contributed by atoms with Crippen molar-refractivity contribution in [1.82, 2.24) is 9.78 Å². The van der Waals surface area contributed by atoms with Crippen LogP contribution < -0.4 is 5.32 Å². The summed E-state index contributed by atoms with van der Waals surface area (Å²) in [6, 6.07) is 12.3. The van der Waals surface area contributed by atoms with E-state index < -0.39 is 5.97 Å². The Morgan fingerprint density at radius 1 is 1.18 bits per heavy atom. The van der Waals surface area contributed by atoms with E-state index in [1.807, 2.05) is 22.9 Å². The highest BCUT2D eigenvalue weighted by Crippen LogP contribution is 2.31. The van der Waals surface area contributed by atoms with Crippen LogP contribution in [0.15, 0.2) is 42.5 Å². The second-order valence-corrected chi connectivity index (χ2v) is 7.68. The third-order valence-corrected chi connectivity index (χ3v) is 5.51. The molecule has 0 spiro atoms. The molecule has 1 aromatic heterocycles. The van der Waals surface area contributed by atoms with Gasteiger partial charge in [-0.05, 0) is 55.2 Å². The maximum absolute atomic E-state index is 11.4. The molecule has 0 saturated carbocycles. The molecule has 5 nitrogen and oxygen atoms in total. The summed E-state index contributed by atoms with van der Waals surface area (Å²) in [6.45, 7) is 0.860. The number of anilines is 1. The van der Waals surface area contributed by atoms with Crippen LogP contribution in [0.4, 0.5) is 5.82 Å². The molecule has 2 N–H and O–H groups in total. The number of nitrogens with one attached hydrogen (secondary N) is 1. The number of hydrogen-bond donors (Lipinski definition) is 2. The number of carboxylic acid groups (broad SMARTS) is 1. The van der Waals surface area contributed by atoms with E-state index in [2.05, 4.69) is 5.32 Å². The Hall–Kier alpha value is -2.50. The quantitative estimate of drug-likeness (QED) is 0.612. The maximum Gasteiger partial charge on any atom is 0.335 e. The third kappa shape index (κ3) is 3.73. The zero-order valence-electron chi connectivity index (χ0n) is 15.1. The molecule has 3 aromatic rings. The number of aromatic carboxylic acids is 1. The Kier molecular flexibility index (Phi) is 5.29. The van der Waals surface area contributed by atoms with Gasteiger partial charge in [0.2, 0.25) is 0 Å². The van der Waals surface area contributed by atoms with Crippen LogP contribution in [-0.4, -0.2) is 27.4 Å². The van der Waals surface area contributed by atoms with E-state index in [9.17, 15) is 9.90 Å². The number of carbonyl (C=O) groups is 1. The van der Waals surface area contributed by atoms with E-state index in [4.69, 9.17) is 28.3 Å². The average molecular weight is 416 g/mol. The van der Waals surface area contributed by atoms with Crippen molar-refractivity contribution in [2.24, 2.45) is 0 Å². The van der Waals surface area contributed by atoms with E-state index in [0.29, 0.717) is 16.5 Å². The summed E-state index contributed by atoms with van der Waals surface area (Å²) < 4.78 is 1.81. The molecule has 4 rings (SSSR count). The lowest BCUT2D eigenvalue weighted by molar-refractivity contribution is 0.0697. The first kappa shape index (κ1) is 18.8. The molecule has 0 bridgehead atoms. The van der Waals surface area contributed by atoms with Gasteiger partial charge in [-0.2, -0.15) is 5.10 Å². The van der Waals surface area contributed by atoms with Gasteiger partial charge in [-0.1, -0.05) is 35.3 Å². The van der Waals surface area contributed by atoms with Gasteiger partial charge in [-0.15, -0.1) is 0 Å². The normalized spacial score (nSPS) is 13.5. The van der Waals surface area contributed by atoms with E-state index in [1.165, 1.54) is 0 Å². The molecule has 0 radical (unpaired) electrons. The molecule has 0 amide bonds. The second kappa shape index (κ2) is 7.86. The maximum atomic E-state index is 11.4. The van der Waals surface area contributed by atoms with Crippen molar-refractivity contribution in [2.45, 2.75) is 25.7 Å². The Morgan fingerprint density at radius 3 is 2.82 bits per heavy atom. The number of halogens is 2. The molecular weight excluding hydrogens is 397 g/mol. The predicted octanol–water partition coefficient (Wildman–Crippen LogP) is 5.22. The van der Waals surface area contributed by atoms with Crippen LogP contribution in [0.5, 0.6) is 0 Å². The van der Waals surface area contributed by atoms with Gasteiger partial charge >= 0.3 is 5.97 Å². The van der Waals surface area contributed by atoms with E-state index in [1.54, 1.807) is 24.3 Å². The number of benzene rings is 2. The largest absolute Gasteiger partial charge is 0.478 e. The summed E-state index contributed by atoms with van der Waals surface area (Å²) in [4.78, 5) is 11.4. The molecule has 2 heterocycles. The van der Waals surface area contributed by atoms with Gasteiger partial charge < -0.3 is 10.4 Å². The predicted molar refractivity (Wildman–Crippen MR) is 111 cm³/mol. The molecule has 0 atom stereocenters. The lowest BCUT2D eigenvalue weighted by Crippen LogP contribution is -2.08. The Morgan fingerprint density at radius 2 is 2.04 bits per heavy atom. The molecule has 1 aliphatic heterocycles. The van der Waals surface area contributed by atoms with Crippen molar-refractivity contribution in [3.8, 4) is 5.69 Å². The number of nitrogens with zero attached hydrogens (tertiary/aromatic N) is 2. The van der Waals surface area contributed by atoms with Gasteiger partial charge in [0.15, 0.2) is 0 Å². The van der Waals surface area contributed by atoms with Gasteiger partial charge in [-0.3, -0.25) is 0 Å². The number of hydrogen-bond acceptors (Lipinski definition) is 3. The van der Waals surface area contributed by atoms with Gasteiger partial charge in [0.1, 0.15) is 5.82 Å². The van der Waals surface area contributed by atoms with Crippen LogP contribution in [0.1, 0.15) is 40.0 Å². The van der Waals surface area contributed by atoms with Crippen molar-refractivity contribution in [3.63, 3.8) is 0 Å². The van der Waals surface area contributed by atoms with Crippen molar-refractivity contribution in [2.75, 3.05) is 11.9 Å². The minimum absolute atomic E-state index is 0.234. The van der Waals surface area contributed by atoms with Crippen LogP contribution >= 0.6 is 23.2 Å². The van der Waals surface area contributed by atoms with Gasteiger partial charge in [0.25, 0.3) is 0 Å². The standard InChI is InChI=1S/C21H19Cl2N3O2/c22-15-8-7-13(18(23)12-15)11-19-17-6-1-2-9-24-20(17)26(25-19)16-5-3-4-14(10-16)21(27)28/h3-5,7-8,10,12,24H,1-2,6,9,11H2,(H,27,28). The smallest absolute Gasteiger partial charge is 0.335 e. The fraction of sp³-hybridized carbons (Fsp3) is 0.238. The van der Waals surface area contributed by atoms with Gasteiger partial charge in [0, 0.05) is 28.6 Å². The number of rotatable bonds is 4. The summed E-state index contributed by atoms with van der Waals surface area (Å²) in [5.74, 6) is -0.0265. The first-order valence-electron chi connectivity index (χ1n) is 9.15. The number of fused-ring (bicyclic) bond motifs is 1. The number of aromatic nitrogens is 2. The van der Waals surface area contributed by atoms with Crippen LogP contribution in [0, 0.1) is 0 Å². The molecule has 0 unspecified atom stereocenters. The molecule has 0 aliphatic carbocycles. The van der Waals surface area contributed by atoms with Crippen LogP contribution in [0.25, 0.3) is 5.69 Å². The summed E-state index contributed by atoms with van der Waals surface area (Å²) >= 11 is 12.4. The van der Waals surface area contributed by atoms with Crippen LogP contribution in [-0.2, 0) is 12.8 Å². The van der Waals surface area contributed by atoms with E-state index in [0.717, 1.165) is 54.1 Å². The highest BCUT2D eigenvalue weighted by molar-refractivity contribution is 6.35. The fourth-order valence-corrected chi connectivity index (χ4v) is 3.99. The molecule has 144 valence electrons. The molecule has 1 aliphatic rings. The minimum Gasteiger partial charge on any atom is -0.478 e. The summed E-state index contributed by atoms with van der Waals surface area (Å²) in [6.07, 6.45) is 3.65. The first-order chi connectivity index (χ1) is 13.5. The van der Waals surface area contributed by atoms with Gasteiger partial charge in [-0.25, -0.2) is 9.48 Å². The minimum atomic E-state index is -0.957. The summed E-state index contributed by atoms with van der Waals surface area (Å²) in [5, 5.41) is 18.8. The molecule has 2 aromatic carbocycles. The molecule has 7 heteroatoms. The molecule has 0 fully saturated rings. The van der Waals surface area contributed by atoms with E-state index in [-0.39, 0.29) is 5.56 Å². The fourth-order valence-electron chi connectivity index (χ4n) is 3.52. The van der Waals surface area contributed by atoms with Gasteiger partial charge in [0.05, 0.1) is 16.9 Å². The monoisotopic (exact) mass is 415 g/mol. The van der Waals surface area contributed by atoms with E-state index >= 15 is 0 Å². The zero-order chi connectivity index (χ0) is 19.7. The van der Waals surface area contributed by atoms with Crippen molar-refractivity contribution in [3.05, 3.63) is 74.9 Å². The Bertz CT molecular complexity index is 1050. The highest BCUT2D eigenvalue weighted by atomic mass is 35.5. The van der Waals surface area contributed by atoms with Crippen LogP contribution in [0.2, 0.25) is 10.0 Å². The molecule has 28 heavy (non-hydrogen) atoms. The Labute approximate surface area is 172 Å². The first-order valence-corrected chi connectivity index (χ1v) is 9.91. The summed E-state index contributed by atoms with van der Waals surface area (Å²) in [5.41, 5.74) is 4.01. The van der Waals surface area contributed by atoms with Crippen molar-refractivity contribution >= 4 is 35.0 Å². The highest BCUT2D eigenvalue weighted by Gasteiger charge is 2.22. The number of carboxylic acids is 1. The summed E-state index contributed by atoms with van der Waals surface area (Å²) in [7, 11) is 0. The second-order valence-electron chi connectivity index (χ2n) is 6.84. The average Bonchev–Trinajstić information content (AvgIpc) is 2.85. The Balaban J connectivity index is 1.80. The van der Waals surface area contributed by atoms with Crippen LogP contribution in [0.3, 0.4) is 0 Å². The van der Waals surface area contributed by atoms with Crippen molar-refractivity contribution in [1.29, 1.82) is 0 Å². The third-order valence-electron chi connectivity index (χ3n) is 4.92. The topological polar surface area (TPSA) is 67.1 Å². The zero-order valence-corrected chi connectivity index (χ0v) is 16.6. The molecular formula is C21H19Cl2N3O2. The lowest BCUT2D eigenvalue weighted by Gasteiger charge is -2.09. The lowest BCUT2D eigenvalue weighted by atomic mass is 10.0. The van der Waals surface area contributed by atoms with Crippen molar-refractivity contribution < 1.29 is 9.90 Å².